The molecule has 5 heteroatoms. The molecule has 0 saturated heterocycles. The standard InChI is InChI=1S/C14H9BrN4/c1-9-4-5-18-14(12(9)8-17)19-13-6-11(15)3-2-10(13)7-16/h2-6H,1H3,(H,18,19). The van der Waals surface area contributed by atoms with E-state index in [1.807, 2.05) is 6.92 Å². The van der Waals surface area contributed by atoms with Gasteiger partial charge in [-0.15, -0.1) is 0 Å². The van der Waals surface area contributed by atoms with Gasteiger partial charge in [-0.2, -0.15) is 10.5 Å². The molecule has 1 heterocycles. The number of nitriles is 2. The predicted molar refractivity (Wildman–Crippen MR) is 75.8 cm³/mol. The number of hydrogen-bond acceptors (Lipinski definition) is 4. The predicted octanol–water partition coefficient (Wildman–Crippen LogP) is 3.64. The molecule has 1 N–H and O–H groups in total. The lowest BCUT2D eigenvalue weighted by Gasteiger charge is -2.10. The van der Waals surface area contributed by atoms with Crippen molar-refractivity contribution in [2.75, 3.05) is 5.32 Å². The van der Waals surface area contributed by atoms with Crippen LogP contribution in [0.25, 0.3) is 0 Å². The number of hydrogen-bond donors (Lipinski definition) is 1. The molecule has 92 valence electrons. The second-order valence-electron chi connectivity index (χ2n) is 3.89. The van der Waals surface area contributed by atoms with E-state index < -0.39 is 0 Å². The van der Waals surface area contributed by atoms with Crippen molar-refractivity contribution >= 4 is 27.4 Å². The first-order valence-electron chi connectivity index (χ1n) is 5.48. The summed E-state index contributed by atoms with van der Waals surface area (Å²) in [5.41, 5.74) is 2.43. The minimum atomic E-state index is 0.456. The summed E-state index contributed by atoms with van der Waals surface area (Å²) in [6.45, 7) is 1.84. The molecule has 0 aliphatic rings. The number of halogens is 1. The van der Waals surface area contributed by atoms with E-state index in [1.165, 1.54) is 0 Å². The highest BCUT2D eigenvalue weighted by atomic mass is 79.9. The van der Waals surface area contributed by atoms with Crippen molar-refractivity contribution in [2.45, 2.75) is 6.92 Å². The van der Waals surface area contributed by atoms with E-state index in [0.717, 1.165) is 10.0 Å². The maximum atomic E-state index is 9.15. The summed E-state index contributed by atoms with van der Waals surface area (Å²) in [6, 6.07) is 11.3. The van der Waals surface area contributed by atoms with Gasteiger partial charge in [0.2, 0.25) is 0 Å². The Labute approximate surface area is 119 Å². The van der Waals surface area contributed by atoms with Gasteiger partial charge in [-0.05, 0) is 36.8 Å². The Morgan fingerprint density at radius 1 is 1.21 bits per heavy atom. The Kier molecular flexibility index (Phi) is 3.79. The molecule has 2 aromatic rings. The molecule has 0 aliphatic heterocycles. The Morgan fingerprint density at radius 3 is 2.68 bits per heavy atom. The Balaban J connectivity index is 2.49. The third kappa shape index (κ3) is 2.73. The molecular weight excluding hydrogens is 304 g/mol. The van der Waals surface area contributed by atoms with Crippen LogP contribution in [0.4, 0.5) is 11.5 Å². The molecule has 0 saturated carbocycles. The Morgan fingerprint density at radius 2 is 2.00 bits per heavy atom. The SMILES string of the molecule is Cc1ccnc(Nc2cc(Br)ccc2C#N)c1C#N. The summed E-state index contributed by atoms with van der Waals surface area (Å²) in [7, 11) is 0. The van der Waals surface area contributed by atoms with Gasteiger partial charge in [-0.25, -0.2) is 4.98 Å². The highest BCUT2D eigenvalue weighted by Crippen LogP contribution is 2.26. The lowest BCUT2D eigenvalue weighted by Crippen LogP contribution is -2.00. The number of anilines is 2. The van der Waals surface area contributed by atoms with Gasteiger partial charge in [-0.1, -0.05) is 15.9 Å². The van der Waals surface area contributed by atoms with Crippen molar-refractivity contribution in [1.82, 2.24) is 4.98 Å². The van der Waals surface area contributed by atoms with E-state index in [0.29, 0.717) is 22.6 Å². The smallest absolute Gasteiger partial charge is 0.148 e. The first kappa shape index (κ1) is 13.1. The number of nitrogens with zero attached hydrogens (tertiary/aromatic N) is 3. The zero-order valence-electron chi connectivity index (χ0n) is 10.1. The number of benzene rings is 1. The number of pyridine rings is 1. The zero-order chi connectivity index (χ0) is 13.8. The topological polar surface area (TPSA) is 72.5 Å². The van der Waals surface area contributed by atoms with Gasteiger partial charge in [0.25, 0.3) is 0 Å². The first-order valence-corrected chi connectivity index (χ1v) is 6.27. The normalized spacial score (nSPS) is 9.47. The van der Waals surface area contributed by atoms with Crippen molar-refractivity contribution in [3.8, 4) is 12.1 Å². The second kappa shape index (κ2) is 5.51. The van der Waals surface area contributed by atoms with E-state index in [2.05, 4.69) is 38.4 Å². The number of nitrogens with one attached hydrogen (secondary N) is 1. The molecule has 19 heavy (non-hydrogen) atoms. The van der Waals surface area contributed by atoms with Gasteiger partial charge >= 0.3 is 0 Å². The van der Waals surface area contributed by atoms with E-state index in [1.54, 1.807) is 30.5 Å². The molecule has 0 aliphatic carbocycles. The molecule has 0 radical (unpaired) electrons. The molecule has 0 atom stereocenters. The molecule has 4 nitrogen and oxygen atoms in total. The Bertz CT molecular complexity index is 710. The molecule has 0 bridgehead atoms. The number of rotatable bonds is 2. The maximum absolute atomic E-state index is 9.15. The third-order valence-electron chi connectivity index (χ3n) is 2.63. The van der Waals surface area contributed by atoms with Crippen molar-refractivity contribution in [3.05, 3.63) is 51.6 Å². The van der Waals surface area contributed by atoms with Crippen LogP contribution in [-0.2, 0) is 0 Å². The van der Waals surface area contributed by atoms with E-state index in [-0.39, 0.29) is 0 Å². The highest BCUT2D eigenvalue weighted by Gasteiger charge is 2.09. The van der Waals surface area contributed by atoms with E-state index in [9.17, 15) is 0 Å². The second-order valence-corrected chi connectivity index (χ2v) is 4.81. The molecule has 0 amide bonds. The van der Waals surface area contributed by atoms with Crippen molar-refractivity contribution < 1.29 is 0 Å². The van der Waals surface area contributed by atoms with Crippen LogP contribution in [0.1, 0.15) is 16.7 Å². The summed E-state index contributed by atoms with van der Waals surface area (Å²) in [4.78, 5) is 4.15. The summed E-state index contributed by atoms with van der Waals surface area (Å²) in [5.74, 6) is 0.456. The molecule has 0 unspecified atom stereocenters. The molecular formula is C14H9BrN4. The van der Waals surface area contributed by atoms with Crippen LogP contribution in [0.2, 0.25) is 0 Å². The molecule has 0 spiro atoms. The minimum Gasteiger partial charge on any atom is -0.338 e. The fraction of sp³-hybridized carbons (Fsp3) is 0.0714. The summed E-state index contributed by atoms with van der Waals surface area (Å²) < 4.78 is 0.847. The molecule has 1 aromatic heterocycles. The van der Waals surface area contributed by atoms with Crippen LogP contribution < -0.4 is 5.32 Å². The van der Waals surface area contributed by atoms with E-state index >= 15 is 0 Å². The van der Waals surface area contributed by atoms with Crippen molar-refractivity contribution in [3.63, 3.8) is 0 Å². The fourth-order valence-corrected chi connectivity index (χ4v) is 2.00. The zero-order valence-corrected chi connectivity index (χ0v) is 11.7. The average molecular weight is 313 g/mol. The van der Waals surface area contributed by atoms with Crippen LogP contribution in [0.5, 0.6) is 0 Å². The monoisotopic (exact) mass is 312 g/mol. The van der Waals surface area contributed by atoms with Crippen LogP contribution >= 0.6 is 15.9 Å². The number of aryl methyl sites for hydroxylation is 1. The quantitative estimate of drug-likeness (QED) is 0.918. The Hall–Kier alpha value is -2.37. The van der Waals surface area contributed by atoms with Gasteiger partial charge < -0.3 is 5.32 Å². The summed E-state index contributed by atoms with van der Waals surface area (Å²) >= 11 is 3.35. The fourth-order valence-electron chi connectivity index (χ4n) is 1.64. The van der Waals surface area contributed by atoms with Gasteiger partial charge in [-0.3, -0.25) is 0 Å². The molecule has 2 rings (SSSR count). The summed E-state index contributed by atoms with van der Waals surface area (Å²) in [6.07, 6.45) is 1.63. The van der Waals surface area contributed by atoms with Gasteiger partial charge in [0, 0.05) is 10.7 Å². The van der Waals surface area contributed by atoms with Crippen molar-refractivity contribution in [1.29, 1.82) is 10.5 Å². The van der Waals surface area contributed by atoms with Crippen LogP contribution in [0.3, 0.4) is 0 Å². The van der Waals surface area contributed by atoms with Crippen LogP contribution in [0, 0.1) is 29.6 Å². The molecule has 1 aromatic carbocycles. The minimum absolute atomic E-state index is 0.456. The van der Waals surface area contributed by atoms with Gasteiger partial charge in [0.15, 0.2) is 0 Å². The largest absolute Gasteiger partial charge is 0.338 e. The third-order valence-corrected chi connectivity index (χ3v) is 3.12. The molecule has 0 fully saturated rings. The lowest BCUT2D eigenvalue weighted by molar-refractivity contribution is 1.24. The highest BCUT2D eigenvalue weighted by molar-refractivity contribution is 9.10. The number of aromatic nitrogens is 1. The van der Waals surface area contributed by atoms with Crippen LogP contribution in [-0.4, -0.2) is 4.98 Å². The first-order chi connectivity index (χ1) is 9.15. The van der Waals surface area contributed by atoms with E-state index in [4.69, 9.17) is 10.5 Å². The van der Waals surface area contributed by atoms with Gasteiger partial charge in [0.1, 0.15) is 18.0 Å². The average Bonchev–Trinajstić information content (AvgIpc) is 2.39. The van der Waals surface area contributed by atoms with Crippen LogP contribution in [0.15, 0.2) is 34.9 Å². The van der Waals surface area contributed by atoms with Gasteiger partial charge in [0.05, 0.1) is 16.8 Å². The lowest BCUT2D eigenvalue weighted by atomic mass is 10.1. The van der Waals surface area contributed by atoms with Crippen molar-refractivity contribution in [2.24, 2.45) is 0 Å². The summed E-state index contributed by atoms with van der Waals surface area (Å²) in [5, 5.41) is 21.3. The maximum Gasteiger partial charge on any atom is 0.148 e.